The highest BCUT2D eigenvalue weighted by molar-refractivity contribution is 7.88. The van der Waals surface area contributed by atoms with Gasteiger partial charge in [-0.05, 0) is 42.3 Å². The predicted molar refractivity (Wildman–Crippen MR) is 92.0 cm³/mol. The minimum Gasteiger partial charge on any atom is -0.494 e. The molecule has 0 aliphatic heterocycles. The van der Waals surface area contributed by atoms with Gasteiger partial charge in [-0.25, -0.2) is 13.6 Å². The van der Waals surface area contributed by atoms with E-state index < -0.39 is 10.0 Å². The zero-order valence-electron chi connectivity index (χ0n) is 13.4. The Labute approximate surface area is 141 Å². The van der Waals surface area contributed by atoms with Crippen LogP contribution < -0.4 is 15.2 Å². The van der Waals surface area contributed by atoms with Gasteiger partial charge in [-0.2, -0.15) is 0 Å². The summed E-state index contributed by atoms with van der Waals surface area (Å²) >= 11 is 0. The molecule has 0 aliphatic rings. The van der Waals surface area contributed by atoms with Gasteiger partial charge in [-0.15, -0.1) is 0 Å². The van der Waals surface area contributed by atoms with E-state index in [2.05, 4.69) is 5.32 Å². The normalized spacial score (nSPS) is 11.1. The number of primary sulfonamides is 1. The molecule has 0 spiro atoms. The number of hydrogen-bond donors (Lipinski definition) is 2. The Morgan fingerprint density at radius 1 is 1.04 bits per heavy atom. The molecule has 2 rings (SSSR count). The lowest BCUT2D eigenvalue weighted by Gasteiger charge is -2.08. The minimum atomic E-state index is -3.54. The Hall–Kier alpha value is -2.38. The van der Waals surface area contributed by atoms with Gasteiger partial charge < -0.3 is 10.1 Å². The number of benzene rings is 2. The van der Waals surface area contributed by atoms with Gasteiger partial charge in [-0.3, -0.25) is 4.79 Å². The van der Waals surface area contributed by atoms with E-state index in [1.807, 2.05) is 6.92 Å². The highest BCUT2D eigenvalue weighted by Crippen LogP contribution is 2.12. The summed E-state index contributed by atoms with van der Waals surface area (Å²) in [7, 11) is -3.54. The van der Waals surface area contributed by atoms with Crippen LogP contribution in [-0.2, 0) is 22.3 Å². The van der Waals surface area contributed by atoms with Gasteiger partial charge in [0.15, 0.2) is 0 Å². The Kier molecular flexibility index (Phi) is 5.94. The van der Waals surface area contributed by atoms with Gasteiger partial charge >= 0.3 is 0 Å². The largest absolute Gasteiger partial charge is 0.494 e. The van der Waals surface area contributed by atoms with Crippen LogP contribution in [0.1, 0.15) is 28.4 Å². The highest BCUT2D eigenvalue weighted by atomic mass is 32.2. The van der Waals surface area contributed by atoms with Crippen LogP contribution in [0.25, 0.3) is 0 Å². The molecule has 0 atom stereocenters. The van der Waals surface area contributed by atoms with Crippen LogP contribution in [0.2, 0.25) is 0 Å². The van der Waals surface area contributed by atoms with Crippen molar-refractivity contribution in [2.75, 3.05) is 6.61 Å². The van der Waals surface area contributed by atoms with E-state index in [-0.39, 0.29) is 11.7 Å². The number of ether oxygens (including phenoxy) is 1. The molecule has 6 nitrogen and oxygen atoms in total. The summed E-state index contributed by atoms with van der Waals surface area (Å²) in [5.74, 6) is 0.331. The second-order valence-electron chi connectivity index (χ2n) is 5.26. The zero-order valence-corrected chi connectivity index (χ0v) is 14.2. The van der Waals surface area contributed by atoms with Crippen molar-refractivity contribution in [3.05, 3.63) is 65.2 Å². The molecule has 2 aromatic rings. The van der Waals surface area contributed by atoms with Gasteiger partial charge in [0.25, 0.3) is 5.91 Å². The molecule has 0 radical (unpaired) electrons. The Balaban J connectivity index is 1.91. The fourth-order valence-electron chi connectivity index (χ4n) is 2.14. The average Bonchev–Trinajstić information content (AvgIpc) is 2.53. The van der Waals surface area contributed by atoms with Crippen molar-refractivity contribution in [3.8, 4) is 5.75 Å². The van der Waals surface area contributed by atoms with Crippen LogP contribution in [0.3, 0.4) is 0 Å². The van der Waals surface area contributed by atoms with E-state index in [0.29, 0.717) is 24.3 Å². The zero-order chi connectivity index (χ0) is 17.6. The summed E-state index contributed by atoms with van der Waals surface area (Å²) in [5, 5.41) is 7.82. The summed E-state index contributed by atoms with van der Waals surface area (Å²) in [6.07, 6.45) is 0. The minimum absolute atomic E-state index is 0.188. The van der Waals surface area contributed by atoms with Crippen LogP contribution >= 0.6 is 0 Å². The number of carbonyl (C=O) groups excluding carboxylic acids is 1. The van der Waals surface area contributed by atoms with E-state index in [4.69, 9.17) is 9.88 Å². The fraction of sp³-hybridized carbons (Fsp3) is 0.235. The quantitative estimate of drug-likeness (QED) is 0.797. The van der Waals surface area contributed by atoms with Crippen molar-refractivity contribution < 1.29 is 17.9 Å². The van der Waals surface area contributed by atoms with Gasteiger partial charge in [0, 0.05) is 12.1 Å². The number of carbonyl (C=O) groups is 1. The summed E-state index contributed by atoms with van der Waals surface area (Å²) in [6.45, 7) is 2.82. The topological polar surface area (TPSA) is 98.5 Å². The maximum Gasteiger partial charge on any atom is 0.251 e. The molecule has 0 bridgehead atoms. The first-order valence-corrected chi connectivity index (χ1v) is 9.18. The van der Waals surface area contributed by atoms with Crippen LogP contribution in [0, 0.1) is 0 Å². The monoisotopic (exact) mass is 348 g/mol. The number of nitrogens with one attached hydrogen (secondary N) is 1. The number of amides is 1. The standard InChI is InChI=1S/C17H20N2O4S/c1-2-23-16-9-7-15(8-10-16)17(20)19-11-13-3-5-14(6-4-13)12-24(18,21)22/h3-10H,2,11-12H2,1H3,(H,19,20)(H2,18,21,22). The lowest BCUT2D eigenvalue weighted by atomic mass is 10.1. The number of hydrogen-bond acceptors (Lipinski definition) is 4. The van der Waals surface area contributed by atoms with Crippen LogP contribution in [0.4, 0.5) is 0 Å². The second kappa shape index (κ2) is 7.94. The van der Waals surface area contributed by atoms with Crippen LogP contribution in [0.5, 0.6) is 5.75 Å². The van der Waals surface area contributed by atoms with Gasteiger partial charge in [0.05, 0.1) is 12.4 Å². The predicted octanol–water partition coefficient (Wildman–Crippen LogP) is 1.80. The molecule has 0 aliphatic carbocycles. The lowest BCUT2D eigenvalue weighted by Crippen LogP contribution is -2.22. The van der Waals surface area contributed by atoms with Crippen molar-refractivity contribution in [2.24, 2.45) is 5.14 Å². The molecule has 24 heavy (non-hydrogen) atoms. The molecule has 128 valence electrons. The van der Waals surface area contributed by atoms with E-state index in [1.165, 1.54) is 0 Å². The molecule has 0 saturated carbocycles. The van der Waals surface area contributed by atoms with Gasteiger partial charge in [0.1, 0.15) is 5.75 Å². The average molecular weight is 348 g/mol. The van der Waals surface area contributed by atoms with Gasteiger partial charge in [-0.1, -0.05) is 24.3 Å². The molecule has 0 saturated heterocycles. The molecule has 0 heterocycles. The Morgan fingerprint density at radius 3 is 2.17 bits per heavy atom. The van der Waals surface area contributed by atoms with Crippen molar-refractivity contribution in [3.63, 3.8) is 0 Å². The lowest BCUT2D eigenvalue weighted by molar-refractivity contribution is 0.0951. The molecule has 0 fully saturated rings. The Morgan fingerprint density at radius 2 is 1.62 bits per heavy atom. The summed E-state index contributed by atoms with van der Waals surface area (Å²) in [5.41, 5.74) is 2.02. The first-order chi connectivity index (χ1) is 11.4. The van der Waals surface area contributed by atoms with Crippen molar-refractivity contribution in [1.29, 1.82) is 0 Å². The van der Waals surface area contributed by atoms with E-state index in [0.717, 1.165) is 11.3 Å². The van der Waals surface area contributed by atoms with Crippen molar-refractivity contribution in [2.45, 2.75) is 19.2 Å². The van der Waals surface area contributed by atoms with E-state index >= 15 is 0 Å². The first kappa shape index (κ1) is 18.0. The highest BCUT2D eigenvalue weighted by Gasteiger charge is 2.07. The van der Waals surface area contributed by atoms with Crippen LogP contribution in [0.15, 0.2) is 48.5 Å². The third kappa shape index (κ3) is 5.68. The SMILES string of the molecule is CCOc1ccc(C(=O)NCc2ccc(CS(N)(=O)=O)cc2)cc1. The third-order valence-electron chi connectivity index (χ3n) is 3.27. The maximum absolute atomic E-state index is 12.1. The molecule has 2 aromatic carbocycles. The molecule has 0 aromatic heterocycles. The fourth-order valence-corrected chi connectivity index (χ4v) is 2.80. The summed E-state index contributed by atoms with van der Waals surface area (Å²) in [6, 6.07) is 13.8. The molecule has 3 N–H and O–H groups in total. The maximum atomic E-state index is 12.1. The molecular weight excluding hydrogens is 328 g/mol. The number of rotatable bonds is 7. The van der Waals surface area contributed by atoms with Crippen molar-refractivity contribution >= 4 is 15.9 Å². The van der Waals surface area contributed by atoms with Gasteiger partial charge in [0.2, 0.25) is 10.0 Å². The molecule has 0 unspecified atom stereocenters. The smallest absolute Gasteiger partial charge is 0.251 e. The molecule has 7 heteroatoms. The van der Waals surface area contributed by atoms with E-state index in [9.17, 15) is 13.2 Å². The number of nitrogens with two attached hydrogens (primary N) is 1. The van der Waals surface area contributed by atoms with Crippen LogP contribution in [-0.4, -0.2) is 20.9 Å². The Bertz CT molecular complexity index is 784. The second-order valence-corrected chi connectivity index (χ2v) is 6.88. The summed E-state index contributed by atoms with van der Waals surface area (Å²) in [4.78, 5) is 12.1. The first-order valence-electron chi connectivity index (χ1n) is 7.47. The van der Waals surface area contributed by atoms with E-state index in [1.54, 1.807) is 48.5 Å². The summed E-state index contributed by atoms with van der Waals surface area (Å²) < 4.78 is 27.4. The molecular formula is C17H20N2O4S. The number of sulfonamides is 1. The van der Waals surface area contributed by atoms with Crippen molar-refractivity contribution in [1.82, 2.24) is 5.32 Å². The molecule has 1 amide bonds. The third-order valence-corrected chi connectivity index (χ3v) is 4.01.